The lowest BCUT2D eigenvalue weighted by atomic mass is 10.1. The number of hydrogen-bond acceptors (Lipinski definition) is 5. The molecule has 1 saturated heterocycles. The van der Waals surface area contributed by atoms with Crippen molar-refractivity contribution in [2.45, 2.75) is 19.4 Å². The molecule has 1 aliphatic rings. The van der Waals surface area contributed by atoms with E-state index in [4.69, 9.17) is 0 Å². The standard InChI is InChI=1S/C17H18N4O4/c1-25-16(23)11-20-10-13(9-18-20)19-17(24)12-4-2-5-14(8-12)21-7-3-6-15(21)22/h2,4-5,8-10H,3,6-7,11H2,1H3,(H,19,24). The third kappa shape index (κ3) is 3.85. The van der Waals surface area contributed by atoms with Gasteiger partial charge >= 0.3 is 5.97 Å². The number of aromatic nitrogens is 2. The molecule has 25 heavy (non-hydrogen) atoms. The normalized spacial score (nSPS) is 13.8. The molecule has 8 nitrogen and oxygen atoms in total. The zero-order valence-electron chi connectivity index (χ0n) is 13.8. The van der Waals surface area contributed by atoms with Crippen LogP contribution in [0, 0.1) is 0 Å². The lowest BCUT2D eigenvalue weighted by Gasteiger charge is -2.16. The lowest BCUT2D eigenvalue weighted by Crippen LogP contribution is -2.24. The molecule has 0 aliphatic carbocycles. The van der Waals surface area contributed by atoms with Gasteiger partial charge in [0.05, 0.1) is 19.0 Å². The fraction of sp³-hybridized carbons (Fsp3) is 0.294. The molecular formula is C17H18N4O4. The molecule has 2 heterocycles. The maximum Gasteiger partial charge on any atom is 0.327 e. The first kappa shape index (κ1) is 16.7. The van der Waals surface area contributed by atoms with E-state index in [2.05, 4.69) is 15.2 Å². The molecule has 1 aromatic heterocycles. The summed E-state index contributed by atoms with van der Waals surface area (Å²) in [5.41, 5.74) is 1.63. The van der Waals surface area contributed by atoms with Crippen LogP contribution in [0.25, 0.3) is 0 Å². The second-order valence-electron chi connectivity index (χ2n) is 5.66. The minimum atomic E-state index is -0.427. The molecule has 3 rings (SSSR count). The Bertz CT molecular complexity index is 814. The van der Waals surface area contributed by atoms with Crippen LogP contribution in [0.2, 0.25) is 0 Å². The second kappa shape index (κ2) is 7.16. The highest BCUT2D eigenvalue weighted by Crippen LogP contribution is 2.22. The quantitative estimate of drug-likeness (QED) is 0.830. The van der Waals surface area contributed by atoms with Crippen molar-refractivity contribution >= 4 is 29.2 Å². The number of carbonyl (C=O) groups is 3. The van der Waals surface area contributed by atoms with Gasteiger partial charge in [0.25, 0.3) is 5.91 Å². The molecular weight excluding hydrogens is 324 g/mol. The Hall–Kier alpha value is -3.16. The molecule has 2 aromatic rings. The van der Waals surface area contributed by atoms with Crippen molar-refractivity contribution in [1.82, 2.24) is 9.78 Å². The van der Waals surface area contributed by atoms with Crippen LogP contribution >= 0.6 is 0 Å². The molecule has 8 heteroatoms. The number of amides is 2. The van der Waals surface area contributed by atoms with Gasteiger partial charge in [0, 0.05) is 30.4 Å². The number of nitrogens with zero attached hydrogens (tertiary/aromatic N) is 3. The molecule has 0 unspecified atom stereocenters. The predicted octanol–water partition coefficient (Wildman–Crippen LogP) is 1.44. The van der Waals surface area contributed by atoms with Gasteiger partial charge in [-0.3, -0.25) is 19.1 Å². The Kier molecular flexibility index (Phi) is 4.78. The third-order valence-corrected chi connectivity index (χ3v) is 3.90. The van der Waals surface area contributed by atoms with E-state index in [9.17, 15) is 14.4 Å². The maximum absolute atomic E-state index is 12.4. The van der Waals surface area contributed by atoms with Crippen molar-refractivity contribution in [2.24, 2.45) is 0 Å². The van der Waals surface area contributed by atoms with Crippen LogP contribution in [0.1, 0.15) is 23.2 Å². The molecule has 0 saturated carbocycles. The Balaban J connectivity index is 1.69. The van der Waals surface area contributed by atoms with Crippen LogP contribution in [0.4, 0.5) is 11.4 Å². The van der Waals surface area contributed by atoms with Crippen molar-refractivity contribution in [3.63, 3.8) is 0 Å². The number of methoxy groups -OCH3 is 1. The SMILES string of the molecule is COC(=O)Cn1cc(NC(=O)c2cccc(N3CCCC3=O)c2)cn1. The molecule has 0 radical (unpaired) electrons. The summed E-state index contributed by atoms with van der Waals surface area (Å²) in [4.78, 5) is 37.2. The van der Waals surface area contributed by atoms with Gasteiger partial charge in [-0.05, 0) is 24.6 Å². The molecule has 0 atom stereocenters. The first-order valence-electron chi connectivity index (χ1n) is 7.88. The number of esters is 1. The highest BCUT2D eigenvalue weighted by atomic mass is 16.5. The van der Waals surface area contributed by atoms with E-state index < -0.39 is 5.97 Å². The van der Waals surface area contributed by atoms with Gasteiger partial charge in [0.1, 0.15) is 6.54 Å². The van der Waals surface area contributed by atoms with Crippen LogP contribution in [0.3, 0.4) is 0 Å². The van der Waals surface area contributed by atoms with E-state index in [1.165, 1.54) is 18.0 Å². The number of hydrogen-bond donors (Lipinski definition) is 1. The van der Waals surface area contributed by atoms with Crippen LogP contribution in [-0.2, 0) is 20.9 Å². The molecule has 1 aliphatic heterocycles. The molecule has 130 valence electrons. The number of benzene rings is 1. The predicted molar refractivity (Wildman–Crippen MR) is 90.2 cm³/mol. The Morgan fingerprint density at radius 2 is 2.20 bits per heavy atom. The fourth-order valence-electron chi connectivity index (χ4n) is 2.65. The Morgan fingerprint density at radius 3 is 2.92 bits per heavy atom. The van der Waals surface area contributed by atoms with Crippen molar-refractivity contribution in [1.29, 1.82) is 0 Å². The molecule has 1 N–H and O–H groups in total. The lowest BCUT2D eigenvalue weighted by molar-refractivity contribution is -0.141. The largest absolute Gasteiger partial charge is 0.468 e. The fourth-order valence-corrected chi connectivity index (χ4v) is 2.65. The van der Waals surface area contributed by atoms with Gasteiger partial charge in [0.15, 0.2) is 0 Å². The van der Waals surface area contributed by atoms with E-state index in [0.29, 0.717) is 24.2 Å². The average molecular weight is 342 g/mol. The van der Waals surface area contributed by atoms with Crippen molar-refractivity contribution in [3.8, 4) is 0 Å². The number of carbonyl (C=O) groups excluding carboxylic acids is 3. The van der Waals surface area contributed by atoms with Crippen molar-refractivity contribution in [3.05, 3.63) is 42.2 Å². The van der Waals surface area contributed by atoms with Gasteiger partial charge in [0.2, 0.25) is 5.91 Å². The summed E-state index contributed by atoms with van der Waals surface area (Å²) in [6.45, 7) is 0.642. The first-order valence-corrected chi connectivity index (χ1v) is 7.88. The molecule has 1 aromatic carbocycles. The minimum Gasteiger partial charge on any atom is -0.468 e. The summed E-state index contributed by atoms with van der Waals surface area (Å²) in [6.07, 6.45) is 4.36. The molecule has 0 spiro atoms. The molecule has 0 bridgehead atoms. The van der Waals surface area contributed by atoms with E-state index in [1.54, 1.807) is 29.3 Å². The van der Waals surface area contributed by atoms with E-state index >= 15 is 0 Å². The molecule has 2 amide bonds. The summed E-state index contributed by atoms with van der Waals surface area (Å²) in [7, 11) is 1.30. The van der Waals surface area contributed by atoms with Crippen LogP contribution in [0.5, 0.6) is 0 Å². The van der Waals surface area contributed by atoms with Crippen LogP contribution < -0.4 is 10.2 Å². The van der Waals surface area contributed by atoms with Crippen LogP contribution in [-0.4, -0.2) is 41.2 Å². The summed E-state index contributed by atoms with van der Waals surface area (Å²) < 4.78 is 5.94. The summed E-state index contributed by atoms with van der Waals surface area (Å²) in [5.74, 6) is -0.670. The second-order valence-corrected chi connectivity index (χ2v) is 5.66. The molecule has 1 fully saturated rings. The number of ether oxygens (including phenoxy) is 1. The average Bonchev–Trinajstić information content (AvgIpc) is 3.23. The van der Waals surface area contributed by atoms with Crippen molar-refractivity contribution in [2.75, 3.05) is 23.9 Å². The van der Waals surface area contributed by atoms with Gasteiger partial charge < -0.3 is 15.0 Å². The smallest absolute Gasteiger partial charge is 0.327 e. The maximum atomic E-state index is 12.4. The zero-order valence-corrected chi connectivity index (χ0v) is 13.8. The van der Waals surface area contributed by atoms with E-state index in [1.807, 2.05) is 6.07 Å². The highest BCUT2D eigenvalue weighted by Gasteiger charge is 2.22. The summed E-state index contributed by atoms with van der Waals surface area (Å²) >= 11 is 0. The number of anilines is 2. The topological polar surface area (TPSA) is 93.5 Å². The van der Waals surface area contributed by atoms with Gasteiger partial charge in [-0.1, -0.05) is 6.07 Å². The summed E-state index contributed by atoms with van der Waals surface area (Å²) in [6, 6.07) is 6.93. The number of rotatable bonds is 5. The van der Waals surface area contributed by atoms with Crippen LogP contribution in [0.15, 0.2) is 36.7 Å². The summed E-state index contributed by atoms with van der Waals surface area (Å²) in [5, 5.41) is 6.71. The van der Waals surface area contributed by atoms with Gasteiger partial charge in [-0.15, -0.1) is 0 Å². The minimum absolute atomic E-state index is 0.0288. The van der Waals surface area contributed by atoms with E-state index in [-0.39, 0.29) is 18.4 Å². The van der Waals surface area contributed by atoms with E-state index in [0.717, 1.165) is 12.1 Å². The van der Waals surface area contributed by atoms with Gasteiger partial charge in [-0.25, -0.2) is 0 Å². The monoisotopic (exact) mass is 342 g/mol. The Labute approximate surface area is 144 Å². The van der Waals surface area contributed by atoms with Crippen molar-refractivity contribution < 1.29 is 19.1 Å². The highest BCUT2D eigenvalue weighted by molar-refractivity contribution is 6.05. The first-order chi connectivity index (χ1) is 12.1. The zero-order chi connectivity index (χ0) is 17.8. The third-order valence-electron chi connectivity index (χ3n) is 3.90. The van der Waals surface area contributed by atoms with Gasteiger partial charge in [-0.2, -0.15) is 5.10 Å². The number of nitrogens with one attached hydrogen (secondary N) is 1. The Morgan fingerprint density at radius 1 is 1.36 bits per heavy atom.